The number of benzene rings is 1. The second kappa shape index (κ2) is 3.69. The lowest BCUT2D eigenvalue weighted by Crippen LogP contribution is -2.16. The maximum atomic E-state index is 5.60. The molecule has 1 aliphatic rings. The van der Waals surface area contributed by atoms with Crippen LogP contribution in [0.5, 0.6) is 11.5 Å². The fourth-order valence-electron chi connectivity index (χ4n) is 2.00. The average molecular weight is 232 g/mol. The summed E-state index contributed by atoms with van der Waals surface area (Å²) in [5.74, 6) is 1.81. The highest BCUT2D eigenvalue weighted by atomic mass is 16.6. The van der Waals surface area contributed by atoms with E-state index in [-0.39, 0.29) is 10.8 Å². The minimum Gasteiger partial charge on any atom is -0.526 e. The zero-order chi connectivity index (χ0) is 12.8. The van der Waals surface area contributed by atoms with Gasteiger partial charge in [0, 0.05) is 5.56 Å². The Morgan fingerprint density at radius 2 is 1.53 bits per heavy atom. The molecule has 2 nitrogen and oxygen atoms in total. The summed E-state index contributed by atoms with van der Waals surface area (Å²) in [5.41, 5.74) is 2.73. The normalized spacial score (nSPS) is 14.7. The third-order valence-electron chi connectivity index (χ3n) is 3.15. The van der Waals surface area contributed by atoms with Crippen LogP contribution in [0.3, 0.4) is 0 Å². The van der Waals surface area contributed by atoms with Gasteiger partial charge in [-0.2, -0.15) is 0 Å². The van der Waals surface area contributed by atoms with Gasteiger partial charge in [-0.25, -0.2) is 0 Å². The van der Waals surface area contributed by atoms with Gasteiger partial charge in [-0.15, -0.1) is 0 Å². The molecule has 17 heavy (non-hydrogen) atoms. The molecule has 0 amide bonds. The van der Waals surface area contributed by atoms with Gasteiger partial charge in [-0.3, -0.25) is 0 Å². The molecule has 0 N–H and O–H groups in total. The van der Waals surface area contributed by atoms with Crippen molar-refractivity contribution in [3.05, 3.63) is 23.3 Å². The zero-order valence-electron chi connectivity index (χ0n) is 11.7. The van der Waals surface area contributed by atoms with Crippen LogP contribution in [0, 0.1) is 0 Å². The second-order valence-electron chi connectivity index (χ2n) is 6.76. The van der Waals surface area contributed by atoms with Gasteiger partial charge in [0.05, 0.1) is 0 Å². The monoisotopic (exact) mass is 232 g/mol. The van der Waals surface area contributed by atoms with E-state index in [0.29, 0.717) is 7.69 Å². The Morgan fingerprint density at radius 3 is 2.06 bits per heavy atom. The molecule has 0 unspecified atom stereocenters. The summed E-state index contributed by atoms with van der Waals surface area (Å²) >= 11 is 0. The van der Waals surface area contributed by atoms with Gasteiger partial charge >= 0.3 is 7.69 Å². The summed E-state index contributed by atoms with van der Waals surface area (Å²) in [5, 5.41) is 0. The van der Waals surface area contributed by atoms with Crippen LogP contribution < -0.4 is 9.31 Å². The second-order valence-corrected chi connectivity index (χ2v) is 6.76. The van der Waals surface area contributed by atoms with Crippen LogP contribution in [0.4, 0.5) is 0 Å². The van der Waals surface area contributed by atoms with Gasteiger partial charge < -0.3 is 9.31 Å². The van der Waals surface area contributed by atoms with E-state index in [0.717, 1.165) is 11.5 Å². The fourth-order valence-corrected chi connectivity index (χ4v) is 2.00. The Bertz CT molecular complexity index is 439. The Morgan fingerprint density at radius 1 is 0.882 bits per heavy atom. The highest BCUT2D eigenvalue weighted by Gasteiger charge is 2.29. The summed E-state index contributed by atoms with van der Waals surface area (Å²) in [7, 11) is 0.339. The van der Waals surface area contributed by atoms with Crippen LogP contribution in [0.1, 0.15) is 52.7 Å². The number of fused-ring (bicyclic) bond motifs is 1. The standard InChI is InChI=1S/C14H21BO2/c1-13(2,3)9-7-10(14(4,5)6)12-11(8-9)16-15-17-12/h7-8,15H,1-6H3. The molecule has 2 rings (SSSR count). The van der Waals surface area contributed by atoms with Gasteiger partial charge in [0.15, 0.2) is 0 Å². The summed E-state index contributed by atoms with van der Waals surface area (Å²) in [6, 6.07) is 4.37. The molecule has 0 atom stereocenters. The first-order valence-electron chi connectivity index (χ1n) is 6.14. The molecule has 1 aromatic carbocycles. The van der Waals surface area contributed by atoms with Crippen LogP contribution in [-0.2, 0) is 10.8 Å². The molecule has 1 aromatic rings. The minimum absolute atomic E-state index is 0.0685. The molecule has 0 bridgehead atoms. The number of hydrogen-bond donors (Lipinski definition) is 0. The summed E-state index contributed by atoms with van der Waals surface area (Å²) in [6.07, 6.45) is 0. The Hall–Kier alpha value is -1.12. The third kappa shape index (κ3) is 2.29. The van der Waals surface area contributed by atoms with Crippen molar-refractivity contribution in [2.75, 3.05) is 0 Å². The lowest BCUT2D eigenvalue weighted by molar-refractivity contribution is 0.519. The Balaban J connectivity index is 2.62. The van der Waals surface area contributed by atoms with E-state index in [1.165, 1.54) is 11.1 Å². The Labute approximate surface area is 105 Å². The maximum absolute atomic E-state index is 5.60. The molecule has 1 heterocycles. The van der Waals surface area contributed by atoms with Crippen molar-refractivity contribution in [2.24, 2.45) is 0 Å². The van der Waals surface area contributed by atoms with Crippen molar-refractivity contribution in [3.8, 4) is 11.5 Å². The van der Waals surface area contributed by atoms with Crippen LogP contribution in [-0.4, -0.2) is 7.69 Å². The predicted molar refractivity (Wildman–Crippen MR) is 72.2 cm³/mol. The van der Waals surface area contributed by atoms with Crippen molar-refractivity contribution in [1.82, 2.24) is 0 Å². The molecule has 3 heteroatoms. The highest BCUT2D eigenvalue weighted by molar-refractivity contribution is 6.23. The summed E-state index contributed by atoms with van der Waals surface area (Å²) in [6.45, 7) is 13.3. The third-order valence-corrected chi connectivity index (χ3v) is 3.15. The lowest BCUT2D eigenvalue weighted by atomic mass is 9.80. The van der Waals surface area contributed by atoms with Crippen LogP contribution in [0.2, 0.25) is 0 Å². The maximum Gasteiger partial charge on any atom is 0.576 e. The molecule has 0 radical (unpaired) electrons. The molecular formula is C14H21BO2. The van der Waals surface area contributed by atoms with Gasteiger partial charge in [-0.05, 0) is 22.5 Å². The van der Waals surface area contributed by atoms with Crippen molar-refractivity contribution < 1.29 is 9.31 Å². The van der Waals surface area contributed by atoms with Gasteiger partial charge in [-0.1, -0.05) is 47.6 Å². The molecule has 0 aromatic heterocycles. The van der Waals surface area contributed by atoms with Gasteiger partial charge in [0.2, 0.25) is 0 Å². The quantitative estimate of drug-likeness (QED) is 0.639. The van der Waals surface area contributed by atoms with E-state index in [1.54, 1.807) is 0 Å². The number of rotatable bonds is 0. The van der Waals surface area contributed by atoms with E-state index in [9.17, 15) is 0 Å². The predicted octanol–water partition coefficient (Wildman–Crippen LogP) is 3.32. The van der Waals surface area contributed by atoms with Gasteiger partial charge in [0.1, 0.15) is 11.5 Å². The van der Waals surface area contributed by atoms with Crippen molar-refractivity contribution in [2.45, 2.75) is 52.4 Å². The summed E-state index contributed by atoms with van der Waals surface area (Å²) in [4.78, 5) is 0. The molecule has 1 aliphatic heterocycles. The van der Waals surface area contributed by atoms with E-state index < -0.39 is 0 Å². The highest BCUT2D eigenvalue weighted by Crippen LogP contribution is 2.44. The molecule has 0 fully saturated rings. The first kappa shape index (κ1) is 12.3. The summed E-state index contributed by atoms with van der Waals surface area (Å²) < 4.78 is 11.1. The van der Waals surface area contributed by atoms with E-state index in [2.05, 4.69) is 53.7 Å². The largest absolute Gasteiger partial charge is 0.576 e. The number of hydrogen-bond acceptors (Lipinski definition) is 2. The molecule has 0 saturated carbocycles. The van der Waals surface area contributed by atoms with E-state index in [4.69, 9.17) is 9.31 Å². The zero-order valence-corrected chi connectivity index (χ0v) is 11.7. The fraction of sp³-hybridized carbons (Fsp3) is 0.571. The van der Waals surface area contributed by atoms with Crippen molar-refractivity contribution in [1.29, 1.82) is 0 Å². The van der Waals surface area contributed by atoms with Gasteiger partial charge in [0.25, 0.3) is 0 Å². The SMILES string of the molecule is CC(C)(C)c1cc2c(c(C(C)(C)C)c1)OBO2. The first-order valence-corrected chi connectivity index (χ1v) is 6.14. The molecule has 0 aliphatic carbocycles. The molecule has 0 spiro atoms. The van der Waals surface area contributed by atoms with Crippen molar-refractivity contribution in [3.63, 3.8) is 0 Å². The van der Waals surface area contributed by atoms with Crippen molar-refractivity contribution >= 4 is 7.69 Å². The van der Waals surface area contributed by atoms with Crippen LogP contribution in [0.25, 0.3) is 0 Å². The van der Waals surface area contributed by atoms with Crippen LogP contribution in [0.15, 0.2) is 12.1 Å². The molecule has 0 saturated heterocycles. The first-order chi connectivity index (χ1) is 7.69. The lowest BCUT2D eigenvalue weighted by Gasteiger charge is -2.26. The topological polar surface area (TPSA) is 18.5 Å². The van der Waals surface area contributed by atoms with Crippen LogP contribution >= 0.6 is 0 Å². The smallest absolute Gasteiger partial charge is 0.526 e. The van der Waals surface area contributed by atoms with E-state index >= 15 is 0 Å². The molecular weight excluding hydrogens is 211 g/mol. The Kier molecular flexibility index (Phi) is 2.68. The average Bonchev–Trinajstić information content (AvgIpc) is 2.59. The minimum atomic E-state index is 0.0685. The van der Waals surface area contributed by atoms with E-state index in [1.807, 2.05) is 0 Å². The molecule has 92 valence electrons.